The maximum atomic E-state index is 11.7. The van der Waals surface area contributed by atoms with Crippen LogP contribution in [-0.2, 0) is 9.84 Å². The molecule has 0 aromatic heterocycles. The van der Waals surface area contributed by atoms with E-state index in [1.54, 1.807) is 6.92 Å². The Kier molecular flexibility index (Phi) is 8.57. The maximum Gasteiger partial charge on any atom is 0.194 e. The number of aliphatic imine (C=N–C) groups is 1. The minimum Gasteiger partial charge on any atom is -0.357 e. The molecule has 7 heteroatoms. The summed E-state index contributed by atoms with van der Waals surface area (Å²) in [6.07, 6.45) is 1.09. The van der Waals surface area contributed by atoms with E-state index < -0.39 is 9.84 Å². The molecule has 2 rings (SSSR count). The topological polar surface area (TPSA) is 65.0 Å². The van der Waals surface area contributed by atoms with Crippen molar-refractivity contribution in [3.63, 3.8) is 0 Å². The predicted octanol–water partition coefficient (Wildman–Crippen LogP) is 2.16. The highest BCUT2D eigenvalue weighted by molar-refractivity contribution is 7.91. The third-order valence-electron chi connectivity index (χ3n) is 5.06. The van der Waals surface area contributed by atoms with Crippen LogP contribution >= 0.6 is 0 Å². The third-order valence-corrected chi connectivity index (χ3v) is 6.75. The van der Waals surface area contributed by atoms with Crippen molar-refractivity contribution in [3.8, 4) is 0 Å². The van der Waals surface area contributed by atoms with E-state index in [1.165, 1.54) is 5.56 Å². The zero-order valence-corrected chi connectivity index (χ0v) is 17.7. The Morgan fingerprint density at radius 3 is 2.33 bits per heavy atom. The molecule has 0 saturated carbocycles. The van der Waals surface area contributed by atoms with Gasteiger partial charge in [-0.05, 0) is 18.9 Å². The number of sulfone groups is 1. The van der Waals surface area contributed by atoms with E-state index in [1.807, 2.05) is 6.92 Å². The monoisotopic (exact) mass is 394 g/mol. The standard InChI is InChI=1S/C20H34N4O2S/c1-4-19(18-10-8-7-9-11-18)23-13-15-24(16-14-23)20(21-5-2)22-12-17-27(25,26)6-3/h7-11,19H,4-6,12-17H2,1-3H3,(H,21,22). The molecule has 0 radical (unpaired) electrons. The molecule has 0 amide bonds. The van der Waals surface area contributed by atoms with Crippen molar-refractivity contribution >= 4 is 15.8 Å². The molecular formula is C20H34N4O2S. The second-order valence-electron chi connectivity index (χ2n) is 6.83. The fraction of sp³-hybridized carbons (Fsp3) is 0.650. The highest BCUT2D eigenvalue weighted by Gasteiger charge is 2.25. The third kappa shape index (κ3) is 6.50. The molecule has 6 nitrogen and oxygen atoms in total. The molecule has 0 bridgehead atoms. The van der Waals surface area contributed by atoms with Gasteiger partial charge in [-0.25, -0.2) is 8.42 Å². The van der Waals surface area contributed by atoms with Crippen molar-refractivity contribution in [1.82, 2.24) is 15.1 Å². The SMILES string of the molecule is CCNC(=NCCS(=O)(=O)CC)N1CCN(C(CC)c2ccccc2)CC1. The summed E-state index contributed by atoms with van der Waals surface area (Å²) in [5.74, 6) is 1.12. The van der Waals surface area contributed by atoms with Gasteiger partial charge in [0.25, 0.3) is 0 Å². The van der Waals surface area contributed by atoms with Gasteiger partial charge in [-0.2, -0.15) is 0 Å². The molecule has 0 aliphatic carbocycles. The molecule has 0 spiro atoms. The number of benzene rings is 1. The van der Waals surface area contributed by atoms with Gasteiger partial charge in [0.15, 0.2) is 15.8 Å². The van der Waals surface area contributed by atoms with Gasteiger partial charge in [0.2, 0.25) is 0 Å². The smallest absolute Gasteiger partial charge is 0.194 e. The first kappa shape index (κ1) is 21.7. The van der Waals surface area contributed by atoms with E-state index in [0.29, 0.717) is 12.6 Å². The summed E-state index contributed by atoms with van der Waals surface area (Å²) in [5, 5.41) is 3.31. The number of guanidine groups is 1. The van der Waals surface area contributed by atoms with Crippen LogP contribution in [0.2, 0.25) is 0 Å². The maximum absolute atomic E-state index is 11.7. The molecule has 1 aromatic rings. The minimum absolute atomic E-state index is 0.115. The number of piperazine rings is 1. The van der Waals surface area contributed by atoms with Gasteiger partial charge < -0.3 is 10.2 Å². The lowest BCUT2D eigenvalue weighted by atomic mass is 10.0. The Balaban J connectivity index is 1.96. The van der Waals surface area contributed by atoms with Gasteiger partial charge >= 0.3 is 0 Å². The Morgan fingerprint density at radius 2 is 1.78 bits per heavy atom. The Morgan fingerprint density at radius 1 is 1.11 bits per heavy atom. The van der Waals surface area contributed by atoms with Gasteiger partial charge in [-0.1, -0.05) is 44.2 Å². The second-order valence-corrected chi connectivity index (χ2v) is 9.30. The fourth-order valence-electron chi connectivity index (χ4n) is 3.49. The molecule has 1 fully saturated rings. The van der Waals surface area contributed by atoms with Gasteiger partial charge in [0.1, 0.15) is 0 Å². The lowest BCUT2D eigenvalue weighted by molar-refractivity contribution is 0.127. The van der Waals surface area contributed by atoms with Crippen LogP contribution in [0.5, 0.6) is 0 Å². The number of nitrogens with one attached hydrogen (secondary N) is 1. The Bertz CT molecular complexity index is 683. The van der Waals surface area contributed by atoms with Gasteiger partial charge in [-0.3, -0.25) is 9.89 Å². The summed E-state index contributed by atoms with van der Waals surface area (Å²) in [6.45, 7) is 10.8. The summed E-state index contributed by atoms with van der Waals surface area (Å²) in [4.78, 5) is 9.34. The van der Waals surface area contributed by atoms with Crippen molar-refractivity contribution in [2.45, 2.75) is 33.2 Å². The van der Waals surface area contributed by atoms with E-state index in [9.17, 15) is 8.42 Å². The number of rotatable bonds is 8. The average molecular weight is 395 g/mol. The first-order chi connectivity index (χ1) is 13.0. The van der Waals surface area contributed by atoms with Crippen LogP contribution in [0.3, 0.4) is 0 Å². The molecule has 1 aromatic carbocycles. The summed E-state index contributed by atoms with van der Waals surface area (Å²) in [5.41, 5.74) is 1.37. The highest BCUT2D eigenvalue weighted by Crippen LogP contribution is 2.25. The summed E-state index contributed by atoms with van der Waals surface area (Å²) in [6, 6.07) is 11.1. The van der Waals surface area contributed by atoms with Crippen LogP contribution in [-0.4, -0.2) is 75.0 Å². The van der Waals surface area contributed by atoms with Gasteiger partial charge in [0, 0.05) is 44.5 Å². The normalized spacial score (nSPS) is 17.7. The largest absolute Gasteiger partial charge is 0.357 e. The zero-order chi connectivity index (χ0) is 19.7. The van der Waals surface area contributed by atoms with E-state index in [0.717, 1.165) is 45.1 Å². The fourth-order valence-corrected chi connectivity index (χ4v) is 4.14. The van der Waals surface area contributed by atoms with E-state index in [4.69, 9.17) is 0 Å². The lowest BCUT2D eigenvalue weighted by Crippen LogP contribution is -2.53. The van der Waals surface area contributed by atoms with Crippen LogP contribution in [0.25, 0.3) is 0 Å². The Labute approximate surface area is 164 Å². The first-order valence-electron chi connectivity index (χ1n) is 10.0. The van der Waals surface area contributed by atoms with Crippen LogP contribution in [0.1, 0.15) is 38.8 Å². The average Bonchev–Trinajstić information content (AvgIpc) is 2.69. The zero-order valence-electron chi connectivity index (χ0n) is 16.9. The Hall–Kier alpha value is -1.60. The molecule has 1 aliphatic heterocycles. The molecule has 1 heterocycles. The molecule has 1 atom stereocenters. The van der Waals surface area contributed by atoms with Gasteiger partial charge in [-0.15, -0.1) is 0 Å². The quantitative estimate of drug-likeness (QED) is 0.541. The van der Waals surface area contributed by atoms with Crippen LogP contribution in [0.4, 0.5) is 0 Å². The molecule has 27 heavy (non-hydrogen) atoms. The van der Waals surface area contributed by atoms with E-state index in [2.05, 4.69) is 57.4 Å². The molecule has 1 N–H and O–H groups in total. The molecule has 1 aliphatic rings. The minimum atomic E-state index is -2.98. The van der Waals surface area contributed by atoms with Crippen molar-refractivity contribution in [2.75, 3.05) is 50.8 Å². The van der Waals surface area contributed by atoms with Crippen LogP contribution < -0.4 is 5.32 Å². The van der Waals surface area contributed by atoms with Crippen molar-refractivity contribution in [3.05, 3.63) is 35.9 Å². The molecule has 1 saturated heterocycles. The van der Waals surface area contributed by atoms with Crippen LogP contribution in [0, 0.1) is 0 Å². The van der Waals surface area contributed by atoms with E-state index in [-0.39, 0.29) is 11.5 Å². The first-order valence-corrected chi connectivity index (χ1v) is 11.9. The number of nitrogens with zero attached hydrogens (tertiary/aromatic N) is 3. The highest BCUT2D eigenvalue weighted by atomic mass is 32.2. The molecule has 1 unspecified atom stereocenters. The van der Waals surface area contributed by atoms with Gasteiger partial charge in [0.05, 0.1) is 12.3 Å². The van der Waals surface area contributed by atoms with E-state index >= 15 is 0 Å². The summed E-state index contributed by atoms with van der Waals surface area (Å²) in [7, 11) is -2.98. The second kappa shape index (κ2) is 10.7. The summed E-state index contributed by atoms with van der Waals surface area (Å²) < 4.78 is 23.4. The van der Waals surface area contributed by atoms with Crippen molar-refractivity contribution in [1.29, 1.82) is 0 Å². The van der Waals surface area contributed by atoms with Crippen molar-refractivity contribution in [2.24, 2.45) is 4.99 Å². The predicted molar refractivity (Wildman–Crippen MR) is 113 cm³/mol. The summed E-state index contributed by atoms with van der Waals surface area (Å²) >= 11 is 0. The number of hydrogen-bond donors (Lipinski definition) is 1. The van der Waals surface area contributed by atoms with Crippen LogP contribution in [0.15, 0.2) is 35.3 Å². The molecule has 152 valence electrons. The van der Waals surface area contributed by atoms with Crippen molar-refractivity contribution < 1.29 is 8.42 Å². The number of hydrogen-bond acceptors (Lipinski definition) is 4. The lowest BCUT2D eigenvalue weighted by Gasteiger charge is -2.40. The molecular weight excluding hydrogens is 360 g/mol.